The summed E-state index contributed by atoms with van der Waals surface area (Å²) >= 11 is 1.09. The maximum Gasteiger partial charge on any atom is 0.350 e. The summed E-state index contributed by atoms with van der Waals surface area (Å²) in [5.74, 6) is -0.415. The van der Waals surface area contributed by atoms with Crippen LogP contribution >= 0.6 is 11.3 Å². The zero-order valence-corrected chi connectivity index (χ0v) is 12.6. The number of nitrogens with one attached hydrogen (secondary N) is 1. The number of hydrogen-bond donors (Lipinski definition) is 1. The quantitative estimate of drug-likeness (QED) is 0.866. The number of methoxy groups -OCH3 is 1. The first-order valence-corrected chi connectivity index (χ1v) is 7.84. The Morgan fingerprint density at radius 1 is 1.45 bits per heavy atom. The Morgan fingerprint density at radius 3 is 2.70 bits per heavy atom. The van der Waals surface area contributed by atoms with E-state index in [1.807, 2.05) is 0 Å². The Morgan fingerprint density at radius 2 is 2.15 bits per heavy atom. The molecule has 0 saturated heterocycles. The van der Waals surface area contributed by atoms with Crippen molar-refractivity contribution in [2.45, 2.75) is 18.7 Å². The number of ether oxygens (including phenoxy) is 1. The molecule has 0 saturated carbocycles. The summed E-state index contributed by atoms with van der Waals surface area (Å²) < 4.78 is 36.4. The standard InChI is InChI=1S/C11H12N2O5S2/c1-6-10(7(2)18-12-6)20(15,16)13-8-4-5-19-9(8)11(14)17-3/h4-5,13H,1-3H3. The minimum Gasteiger partial charge on any atom is -0.465 e. The smallest absolute Gasteiger partial charge is 0.350 e. The first-order chi connectivity index (χ1) is 9.36. The molecule has 0 radical (unpaired) electrons. The lowest BCUT2D eigenvalue weighted by Gasteiger charge is -2.07. The van der Waals surface area contributed by atoms with Gasteiger partial charge in [-0.25, -0.2) is 13.2 Å². The second-order valence-electron chi connectivity index (χ2n) is 3.91. The van der Waals surface area contributed by atoms with Crippen LogP contribution in [0.25, 0.3) is 0 Å². The van der Waals surface area contributed by atoms with Crippen molar-refractivity contribution in [1.82, 2.24) is 5.16 Å². The highest BCUT2D eigenvalue weighted by atomic mass is 32.2. The highest BCUT2D eigenvalue weighted by Crippen LogP contribution is 2.27. The van der Waals surface area contributed by atoms with Crippen molar-refractivity contribution in [3.05, 3.63) is 27.8 Å². The molecule has 0 atom stereocenters. The molecule has 2 aromatic heterocycles. The van der Waals surface area contributed by atoms with Gasteiger partial charge >= 0.3 is 5.97 Å². The molecule has 0 fully saturated rings. The van der Waals surface area contributed by atoms with Crippen LogP contribution < -0.4 is 4.72 Å². The van der Waals surface area contributed by atoms with Crippen LogP contribution in [0.5, 0.6) is 0 Å². The van der Waals surface area contributed by atoms with Gasteiger partial charge < -0.3 is 9.26 Å². The van der Waals surface area contributed by atoms with E-state index in [1.165, 1.54) is 27.0 Å². The molecule has 7 nitrogen and oxygen atoms in total. The van der Waals surface area contributed by atoms with Crippen LogP contribution in [0.4, 0.5) is 5.69 Å². The Balaban J connectivity index is 2.40. The van der Waals surface area contributed by atoms with Crippen molar-refractivity contribution >= 4 is 33.0 Å². The Labute approximate surface area is 119 Å². The number of carbonyl (C=O) groups excluding carboxylic acids is 1. The Kier molecular flexibility index (Phi) is 3.82. The van der Waals surface area contributed by atoms with Gasteiger partial charge in [-0.05, 0) is 25.3 Å². The molecular weight excluding hydrogens is 304 g/mol. The first kappa shape index (κ1) is 14.5. The van der Waals surface area contributed by atoms with Gasteiger partial charge in [0.15, 0.2) is 10.7 Å². The van der Waals surface area contributed by atoms with Gasteiger partial charge in [0.2, 0.25) is 0 Å². The van der Waals surface area contributed by atoms with Crippen molar-refractivity contribution < 1.29 is 22.5 Å². The summed E-state index contributed by atoms with van der Waals surface area (Å²) in [6.45, 7) is 3.03. The Bertz CT molecular complexity index is 725. The third-order valence-corrected chi connectivity index (χ3v) is 5.02. The van der Waals surface area contributed by atoms with Crippen LogP contribution in [-0.2, 0) is 14.8 Å². The number of esters is 1. The molecule has 2 heterocycles. The van der Waals surface area contributed by atoms with E-state index in [0.717, 1.165) is 11.3 Å². The molecule has 0 unspecified atom stereocenters. The maximum atomic E-state index is 12.3. The maximum absolute atomic E-state index is 12.3. The van der Waals surface area contributed by atoms with E-state index in [0.29, 0.717) is 0 Å². The number of aromatic nitrogens is 1. The summed E-state index contributed by atoms with van der Waals surface area (Å²) in [6.07, 6.45) is 0. The van der Waals surface area contributed by atoms with Gasteiger partial charge in [0.1, 0.15) is 10.6 Å². The lowest BCUT2D eigenvalue weighted by atomic mass is 10.4. The third kappa shape index (κ3) is 2.54. The summed E-state index contributed by atoms with van der Waals surface area (Å²) in [5.41, 5.74) is 0.423. The minimum absolute atomic E-state index is 0.0282. The predicted molar refractivity (Wildman–Crippen MR) is 72.4 cm³/mol. The van der Waals surface area contributed by atoms with Crippen LogP contribution in [0.15, 0.2) is 20.9 Å². The van der Waals surface area contributed by atoms with Crippen LogP contribution in [0.2, 0.25) is 0 Å². The molecule has 2 aromatic rings. The number of hydrogen-bond acceptors (Lipinski definition) is 7. The lowest BCUT2D eigenvalue weighted by molar-refractivity contribution is 0.0607. The van der Waals surface area contributed by atoms with E-state index >= 15 is 0 Å². The second-order valence-corrected chi connectivity index (χ2v) is 6.45. The third-order valence-electron chi connectivity index (χ3n) is 2.52. The number of rotatable bonds is 4. The van der Waals surface area contributed by atoms with Crippen molar-refractivity contribution in [2.75, 3.05) is 11.8 Å². The summed E-state index contributed by atoms with van der Waals surface area (Å²) in [7, 11) is -2.64. The van der Waals surface area contributed by atoms with Gasteiger partial charge in [-0.3, -0.25) is 4.72 Å². The summed E-state index contributed by atoms with van der Waals surface area (Å²) in [4.78, 5) is 11.7. The summed E-state index contributed by atoms with van der Waals surface area (Å²) in [6, 6.07) is 1.49. The van der Waals surface area contributed by atoms with Gasteiger partial charge in [-0.1, -0.05) is 5.16 Å². The molecule has 0 aliphatic rings. The number of sulfonamides is 1. The number of thiophene rings is 1. The normalized spacial score (nSPS) is 11.3. The molecule has 0 bridgehead atoms. The SMILES string of the molecule is COC(=O)c1sccc1NS(=O)(=O)c1c(C)noc1C. The van der Waals surface area contributed by atoms with Crippen molar-refractivity contribution in [3.8, 4) is 0 Å². The van der Waals surface area contributed by atoms with Gasteiger partial charge in [0.25, 0.3) is 10.0 Å². The van der Waals surface area contributed by atoms with E-state index in [-0.39, 0.29) is 26.9 Å². The zero-order chi connectivity index (χ0) is 14.9. The van der Waals surface area contributed by atoms with Crippen LogP contribution in [0.3, 0.4) is 0 Å². The molecule has 0 spiro atoms. The highest BCUT2D eigenvalue weighted by molar-refractivity contribution is 7.92. The fourth-order valence-electron chi connectivity index (χ4n) is 1.69. The fraction of sp³-hybridized carbons (Fsp3) is 0.273. The summed E-state index contributed by atoms with van der Waals surface area (Å²) in [5, 5.41) is 5.20. The van der Waals surface area contributed by atoms with E-state index in [1.54, 1.807) is 5.38 Å². The molecule has 20 heavy (non-hydrogen) atoms. The van der Waals surface area contributed by atoms with Crippen LogP contribution in [-0.4, -0.2) is 26.7 Å². The topological polar surface area (TPSA) is 98.5 Å². The average Bonchev–Trinajstić information content (AvgIpc) is 2.95. The second kappa shape index (κ2) is 5.25. The Hall–Kier alpha value is -1.87. The molecule has 9 heteroatoms. The number of aryl methyl sites for hydroxylation is 2. The highest BCUT2D eigenvalue weighted by Gasteiger charge is 2.26. The van der Waals surface area contributed by atoms with E-state index < -0.39 is 16.0 Å². The van der Waals surface area contributed by atoms with Crippen molar-refractivity contribution in [2.24, 2.45) is 0 Å². The lowest BCUT2D eigenvalue weighted by Crippen LogP contribution is -2.16. The van der Waals surface area contributed by atoms with Gasteiger partial charge in [0.05, 0.1) is 12.8 Å². The average molecular weight is 316 g/mol. The molecule has 1 N–H and O–H groups in total. The molecule has 0 aromatic carbocycles. The van der Waals surface area contributed by atoms with Crippen LogP contribution in [0.1, 0.15) is 21.1 Å². The predicted octanol–water partition coefficient (Wildman–Crippen LogP) is 1.94. The van der Waals surface area contributed by atoms with Gasteiger partial charge in [0, 0.05) is 0 Å². The monoisotopic (exact) mass is 316 g/mol. The molecule has 108 valence electrons. The molecular formula is C11H12N2O5S2. The number of nitrogens with zero attached hydrogens (tertiary/aromatic N) is 1. The molecule has 2 rings (SSSR count). The molecule has 0 amide bonds. The molecule has 0 aliphatic heterocycles. The van der Waals surface area contributed by atoms with E-state index in [2.05, 4.69) is 14.6 Å². The number of anilines is 1. The van der Waals surface area contributed by atoms with Crippen molar-refractivity contribution in [1.29, 1.82) is 0 Å². The van der Waals surface area contributed by atoms with Crippen molar-refractivity contribution in [3.63, 3.8) is 0 Å². The van der Waals surface area contributed by atoms with E-state index in [9.17, 15) is 13.2 Å². The first-order valence-electron chi connectivity index (χ1n) is 5.48. The van der Waals surface area contributed by atoms with Gasteiger partial charge in [-0.2, -0.15) is 0 Å². The van der Waals surface area contributed by atoms with E-state index in [4.69, 9.17) is 4.52 Å². The molecule has 0 aliphatic carbocycles. The number of carbonyl (C=O) groups is 1. The zero-order valence-electron chi connectivity index (χ0n) is 11.0. The largest absolute Gasteiger partial charge is 0.465 e. The van der Waals surface area contributed by atoms with Crippen LogP contribution in [0, 0.1) is 13.8 Å². The van der Waals surface area contributed by atoms with Gasteiger partial charge in [-0.15, -0.1) is 11.3 Å². The minimum atomic E-state index is -3.87. The fourth-order valence-corrected chi connectivity index (χ4v) is 3.93.